The largest absolute Gasteiger partial charge is 0.451 e. The van der Waals surface area contributed by atoms with Gasteiger partial charge in [0.1, 0.15) is 10.7 Å². The summed E-state index contributed by atoms with van der Waals surface area (Å²) in [7, 11) is 1.57. The second-order valence-corrected chi connectivity index (χ2v) is 7.48. The Kier molecular flexibility index (Phi) is 6.83. The molecule has 2 amide bonds. The fraction of sp³-hybridized carbons (Fsp3) is 0.421. The summed E-state index contributed by atoms with van der Waals surface area (Å²) in [6, 6.07) is 3.23. The first-order valence-corrected chi connectivity index (χ1v) is 9.94. The molecule has 0 bridgehead atoms. The molecule has 0 atom stereocenters. The molecule has 1 aliphatic carbocycles. The van der Waals surface area contributed by atoms with E-state index in [4.69, 9.17) is 9.47 Å². The molecule has 2 aromatic rings. The highest BCUT2D eigenvalue weighted by Crippen LogP contribution is 2.38. The maximum atomic E-state index is 12.7. The lowest BCUT2D eigenvalue weighted by molar-refractivity contribution is -0.119. The van der Waals surface area contributed by atoms with Crippen molar-refractivity contribution in [1.82, 2.24) is 10.3 Å². The minimum absolute atomic E-state index is 0.227. The fourth-order valence-corrected chi connectivity index (χ4v) is 4.38. The number of methoxy groups -OCH3 is 1. The summed E-state index contributed by atoms with van der Waals surface area (Å²) < 4.78 is 9.98. The Morgan fingerprint density at radius 3 is 2.82 bits per heavy atom. The summed E-state index contributed by atoms with van der Waals surface area (Å²) in [5, 5.41) is 6.06. The van der Waals surface area contributed by atoms with E-state index < -0.39 is 18.5 Å². The lowest BCUT2D eigenvalue weighted by Crippen LogP contribution is -2.29. The number of aryl methyl sites for hydroxylation is 1. The summed E-state index contributed by atoms with van der Waals surface area (Å²) in [6.45, 7) is 0.376. The molecule has 0 saturated heterocycles. The smallest absolute Gasteiger partial charge is 0.355 e. The molecule has 0 spiro atoms. The SMILES string of the molecule is COCCNC(=O)c1c(NC(=O)COC(=O)c2ccc[nH]2)sc2c1CCCC2. The van der Waals surface area contributed by atoms with Gasteiger partial charge >= 0.3 is 5.97 Å². The van der Waals surface area contributed by atoms with Gasteiger partial charge in [-0.25, -0.2) is 4.79 Å². The van der Waals surface area contributed by atoms with Crippen molar-refractivity contribution < 1.29 is 23.9 Å². The number of ether oxygens (including phenoxy) is 2. The van der Waals surface area contributed by atoms with Crippen molar-refractivity contribution in [3.8, 4) is 0 Å². The van der Waals surface area contributed by atoms with E-state index in [-0.39, 0.29) is 11.6 Å². The van der Waals surface area contributed by atoms with Crippen LogP contribution in [0.1, 0.15) is 44.1 Å². The lowest BCUT2D eigenvalue weighted by atomic mass is 9.95. The summed E-state index contributed by atoms with van der Waals surface area (Å²) in [6.07, 6.45) is 5.40. The number of aromatic amines is 1. The number of hydrogen-bond donors (Lipinski definition) is 3. The molecule has 28 heavy (non-hydrogen) atoms. The van der Waals surface area contributed by atoms with Gasteiger partial charge < -0.3 is 25.1 Å². The molecule has 8 nitrogen and oxygen atoms in total. The molecule has 0 radical (unpaired) electrons. The maximum absolute atomic E-state index is 12.7. The Morgan fingerprint density at radius 2 is 2.07 bits per heavy atom. The first-order valence-electron chi connectivity index (χ1n) is 9.12. The van der Waals surface area contributed by atoms with Crippen molar-refractivity contribution in [3.05, 3.63) is 40.0 Å². The zero-order valence-electron chi connectivity index (χ0n) is 15.6. The van der Waals surface area contributed by atoms with Crippen molar-refractivity contribution in [3.63, 3.8) is 0 Å². The number of nitrogens with one attached hydrogen (secondary N) is 3. The van der Waals surface area contributed by atoms with Gasteiger partial charge in [-0.2, -0.15) is 0 Å². The van der Waals surface area contributed by atoms with E-state index in [1.165, 1.54) is 11.3 Å². The number of carbonyl (C=O) groups excluding carboxylic acids is 3. The normalized spacial score (nSPS) is 12.9. The number of amides is 2. The minimum atomic E-state index is -0.608. The molecule has 150 valence electrons. The molecule has 0 saturated carbocycles. The van der Waals surface area contributed by atoms with Crippen LogP contribution < -0.4 is 10.6 Å². The van der Waals surface area contributed by atoms with E-state index in [0.29, 0.717) is 23.7 Å². The van der Waals surface area contributed by atoms with Crippen molar-refractivity contribution in [2.45, 2.75) is 25.7 Å². The number of H-pyrrole nitrogens is 1. The number of aromatic nitrogens is 1. The van der Waals surface area contributed by atoms with Crippen molar-refractivity contribution in [1.29, 1.82) is 0 Å². The Hall–Kier alpha value is -2.65. The number of anilines is 1. The highest BCUT2D eigenvalue weighted by molar-refractivity contribution is 7.17. The Labute approximate surface area is 166 Å². The summed E-state index contributed by atoms with van der Waals surface area (Å²) in [5.41, 5.74) is 1.79. The molecule has 2 heterocycles. The molecule has 0 fully saturated rings. The standard InChI is InChI=1S/C19H23N3O5S/c1-26-10-9-21-17(24)16-12-5-2-3-7-14(12)28-18(16)22-15(23)11-27-19(25)13-6-4-8-20-13/h4,6,8,20H,2-3,5,7,9-11H2,1H3,(H,21,24)(H,22,23). The maximum Gasteiger partial charge on any atom is 0.355 e. The van der Waals surface area contributed by atoms with Crippen LogP contribution in [0.5, 0.6) is 0 Å². The molecule has 2 aromatic heterocycles. The predicted octanol–water partition coefficient (Wildman–Crippen LogP) is 2.13. The zero-order valence-corrected chi connectivity index (χ0v) is 16.4. The van der Waals surface area contributed by atoms with Gasteiger partial charge in [0.15, 0.2) is 6.61 Å². The van der Waals surface area contributed by atoms with E-state index in [1.807, 2.05) is 0 Å². The number of esters is 1. The van der Waals surface area contributed by atoms with Crippen LogP contribution in [0.25, 0.3) is 0 Å². The van der Waals surface area contributed by atoms with Gasteiger partial charge in [-0.15, -0.1) is 11.3 Å². The van der Waals surface area contributed by atoms with E-state index >= 15 is 0 Å². The van der Waals surface area contributed by atoms with Crippen LogP contribution in [0, 0.1) is 0 Å². The van der Waals surface area contributed by atoms with Crippen LogP contribution in [0.4, 0.5) is 5.00 Å². The Bertz CT molecular complexity index is 844. The molecule has 9 heteroatoms. The van der Waals surface area contributed by atoms with E-state index in [0.717, 1.165) is 36.1 Å². The molecule has 3 N–H and O–H groups in total. The van der Waals surface area contributed by atoms with Crippen molar-refractivity contribution >= 4 is 34.1 Å². The number of thiophene rings is 1. The van der Waals surface area contributed by atoms with Crippen LogP contribution in [-0.4, -0.2) is 49.6 Å². The first kappa shape index (κ1) is 20.1. The monoisotopic (exact) mass is 405 g/mol. The predicted molar refractivity (Wildman–Crippen MR) is 105 cm³/mol. The van der Waals surface area contributed by atoms with Crippen LogP contribution in [0.15, 0.2) is 18.3 Å². The Balaban J connectivity index is 1.68. The summed E-state index contributed by atoms with van der Waals surface area (Å²) >= 11 is 1.42. The van der Waals surface area contributed by atoms with E-state index in [2.05, 4.69) is 15.6 Å². The van der Waals surface area contributed by atoms with Crippen LogP contribution >= 0.6 is 11.3 Å². The summed E-state index contributed by atoms with van der Waals surface area (Å²) in [5.74, 6) is -1.32. The highest BCUT2D eigenvalue weighted by Gasteiger charge is 2.26. The van der Waals surface area contributed by atoms with E-state index in [9.17, 15) is 14.4 Å². The van der Waals surface area contributed by atoms with Crippen molar-refractivity contribution in [2.75, 3.05) is 32.2 Å². The fourth-order valence-electron chi connectivity index (χ4n) is 3.08. The molecule has 0 aromatic carbocycles. The van der Waals surface area contributed by atoms with Gasteiger partial charge in [-0.1, -0.05) is 0 Å². The highest BCUT2D eigenvalue weighted by atomic mass is 32.1. The average Bonchev–Trinajstić information content (AvgIpc) is 3.34. The van der Waals surface area contributed by atoms with Crippen LogP contribution in [-0.2, 0) is 27.1 Å². The first-order chi connectivity index (χ1) is 13.6. The molecule has 0 unspecified atom stereocenters. The molecular formula is C19H23N3O5S. The van der Waals surface area contributed by atoms with Gasteiger partial charge in [-0.3, -0.25) is 9.59 Å². The molecule has 0 aliphatic heterocycles. The number of hydrogen-bond acceptors (Lipinski definition) is 6. The lowest BCUT2D eigenvalue weighted by Gasteiger charge is -2.13. The molecule has 1 aliphatic rings. The van der Waals surface area contributed by atoms with Crippen LogP contribution in [0.3, 0.4) is 0 Å². The van der Waals surface area contributed by atoms with Gasteiger partial charge in [0.2, 0.25) is 0 Å². The second kappa shape index (κ2) is 9.52. The molecule has 3 rings (SSSR count). The summed E-state index contributed by atoms with van der Waals surface area (Å²) in [4.78, 5) is 40.7. The third-order valence-electron chi connectivity index (χ3n) is 4.40. The quantitative estimate of drug-likeness (QED) is 0.460. The average molecular weight is 405 g/mol. The topological polar surface area (TPSA) is 110 Å². The van der Waals surface area contributed by atoms with E-state index in [1.54, 1.807) is 25.4 Å². The third kappa shape index (κ3) is 4.79. The Morgan fingerprint density at radius 1 is 1.25 bits per heavy atom. The number of rotatable bonds is 8. The minimum Gasteiger partial charge on any atom is -0.451 e. The number of carbonyl (C=O) groups is 3. The van der Waals surface area contributed by atoms with Crippen molar-refractivity contribution in [2.24, 2.45) is 0 Å². The van der Waals surface area contributed by atoms with Gasteiger partial charge in [-0.05, 0) is 43.4 Å². The second-order valence-electron chi connectivity index (χ2n) is 6.37. The van der Waals surface area contributed by atoms with Gasteiger partial charge in [0.05, 0.1) is 12.2 Å². The van der Waals surface area contributed by atoms with Crippen LogP contribution in [0.2, 0.25) is 0 Å². The zero-order chi connectivity index (χ0) is 19.9. The van der Waals surface area contributed by atoms with Gasteiger partial charge in [0.25, 0.3) is 11.8 Å². The third-order valence-corrected chi connectivity index (χ3v) is 5.60. The van der Waals surface area contributed by atoms with Gasteiger partial charge in [0, 0.05) is 24.7 Å². The molecular weight excluding hydrogens is 382 g/mol. The number of fused-ring (bicyclic) bond motifs is 1.